The van der Waals surface area contributed by atoms with E-state index in [1.165, 1.54) is 32.4 Å². The molecule has 0 radical (unpaired) electrons. The Bertz CT molecular complexity index is 263. The summed E-state index contributed by atoms with van der Waals surface area (Å²) in [5.74, 6) is -0.182. The van der Waals surface area contributed by atoms with E-state index in [0.717, 1.165) is 19.3 Å². The quantitative estimate of drug-likeness (QED) is 0.734. The van der Waals surface area contributed by atoms with Crippen molar-refractivity contribution in [2.24, 2.45) is 5.73 Å². The minimum atomic E-state index is -0.453. The lowest BCUT2D eigenvalue weighted by molar-refractivity contribution is -0.126. The van der Waals surface area contributed by atoms with Gasteiger partial charge < -0.3 is 16.0 Å². The largest absolute Gasteiger partial charge is 0.368 e. The van der Waals surface area contributed by atoms with Crippen LogP contribution in [0.5, 0.6) is 0 Å². The average molecular weight is 225 g/mol. The minimum absolute atomic E-state index is 0.182. The average Bonchev–Trinajstić information content (AvgIpc) is 2.82. The maximum absolute atomic E-state index is 11.6. The molecule has 2 atom stereocenters. The summed E-state index contributed by atoms with van der Waals surface area (Å²) in [5, 5.41) is 3.17. The second-order valence-corrected chi connectivity index (χ2v) is 5.19. The van der Waals surface area contributed by atoms with Crippen molar-refractivity contribution in [3.05, 3.63) is 0 Å². The first-order valence-corrected chi connectivity index (χ1v) is 6.41. The number of hydrogen-bond donors (Lipinski definition) is 2. The molecule has 0 bridgehead atoms. The van der Waals surface area contributed by atoms with Gasteiger partial charge in [-0.25, -0.2) is 0 Å². The number of likely N-dealkylation sites (tertiary alicyclic amines) is 1. The predicted octanol–water partition coefficient (Wildman–Crippen LogP) is 0.468. The van der Waals surface area contributed by atoms with Crippen LogP contribution >= 0.6 is 0 Å². The topological polar surface area (TPSA) is 58.4 Å². The van der Waals surface area contributed by atoms with Gasteiger partial charge in [-0.15, -0.1) is 0 Å². The highest BCUT2D eigenvalue weighted by Gasteiger charge is 2.41. The smallest absolute Gasteiger partial charge is 0.237 e. The maximum atomic E-state index is 11.6. The van der Waals surface area contributed by atoms with Crippen molar-refractivity contribution >= 4 is 5.91 Å². The summed E-state index contributed by atoms with van der Waals surface area (Å²) in [6, 6.07) is 0.552. The molecule has 1 saturated heterocycles. The van der Waals surface area contributed by atoms with E-state index in [2.05, 4.69) is 10.2 Å². The van der Waals surface area contributed by atoms with Crippen LogP contribution in [0, 0.1) is 0 Å². The molecule has 2 fully saturated rings. The van der Waals surface area contributed by atoms with E-state index in [1.54, 1.807) is 0 Å². The van der Waals surface area contributed by atoms with Gasteiger partial charge in [-0.3, -0.25) is 4.79 Å². The molecule has 0 aromatic heterocycles. The summed E-state index contributed by atoms with van der Waals surface area (Å²) in [6.07, 6.45) is 6.71. The van der Waals surface area contributed by atoms with Crippen LogP contribution in [0.25, 0.3) is 0 Å². The number of hydrogen-bond acceptors (Lipinski definition) is 3. The Morgan fingerprint density at radius 2 is 2.06 bits per heavy atom. The van der Waals surface area contributed by atoms with Gasteiger partial charge in [0.1, 0.15) is 0 Å². The van der Waals surface area contributed by atoms with Crippen molar-refractivity contribution < 1.29 is 4.79 Å². The highest BCUT2D eigenvalue weighted by molar-refractivity contribution is 5.84. The molecule has 3 N–H and O–H groups in total. The van der Waals surface area contributed by atoms with Gasteiger partial charge in [-0.1, -0.05) is 0 Å². The van der Waals surface area contributed by atoms with Crippen LogP contribution in [0.2, 0.25) is 0 Å². The van der Waals surface area contributed by atoms with E-state index in [1.807, 2.05) is 7.05 Å². The number of rotatable bonds is 3. The molecule has 0 aromatic carbocycles. The van der Waals surface area contributed by atoms with Crippen molar-refractivity contribution in [3.63, 3.8) is 0 Å². The van der Waals surface area contributed by atoms with Crippen molar-refractivity contribution in [3.8, 4) is 0 Å². The molecule has 1 amide bonds. The highest BCUT2D eigenvalue weighted by atomic mass is 16.1. The Labute approximate surface area is 97.6 Å². The first-order chi connectivity index (χ1) is 7.68. The summed E-state index contributed by atoms with van der Waals surface area (Å²) in [6.45, 7) is 2.40. The third-order valence-corrected chi connectivity index (χ3v) is 4.33. The predicted molar refractivity (Wildman–Crippen MR) is 64.0 cm³/mol. The maximum Gasteiger partial charge on any atom is 0.237 e. The lowest BCUT2D eigenvalue weighted by atomic mass is 9.78. The Balaban J connectivity index is 2.04. The molecular weight excluding hydrogens is 202 g/mol. The van der Waals surface area contributed by atoms with Crippen LogP contribution in [-0.2, 0) is 4.79 Å². The summed E-state index contributed by atoms with van der Waals surface area (Å²) in [4.78, 5) is 14.1. The molecule has 2 rings (SSSR count). The molecule has 1 heterocycles. The van der Waals surface area contributed by atoms with E-state index in [0.29, 0.717) is 6.04 Å². The summed E-state index contributed by atoms with van der Waals surface area (Å²) in [5.41, 5.74) is 5.10. The van der Waals surface area contributed by atoms with Crippen LogP contribution in [0.4, 0.5) is 0 Å². The third kappa shape index (κ3) is 2.09. The lowest BCUT2D eigenvalue weighted by Crippen LogP contribution is -2.59. The van der Waals surface area contributed by atoms with Gasteiger partial charge in [0.25, 0.3) is 0 Å². The molecule has 1 aliphatic heterocycles. The second kappa shape index (κ2) is 4.72. The molecule has 2 aliphatic rings. The lowest BCUT2D eigenvalue weighted by Gasteiger charge is -2.41. The Kier molecular flexibility index (Phi) is 3.50. The monoisotopic (exact) mass is 225 g/mol. The van der Waals surface area contributed by atoms with Crippen molar-refractivity contribution in [2.45, 2.75) is 50.1 Å². The molecular formula is C12H23N3O. The van der Waals surface area contributed by atoms with Crippen molar-refractivity contribution in [2.75, 3.05) is 20.1 Å². The van der Waals surface area contributed by atoms with Crippen LogP contribution < -0.4 is 11.1 Å². The van der Waals surface area contributed by atoms with Gasteiger partial charge in [0.2, 0.25) is 5.91 Å². The first kappa shape index (κ1) is 11.9. The molecule has 1 saturated carbocycles. The fraction of sp³-hybridized carbons (Fsp3) is 0.917. The van der Waals surface area contributed by atoms with Crippen molar-refractivity contribution in [1.82, 2.24) is 10.2 Å². The zero-order valence-electron chi connectivity index (χ0n) is 10.2. The van der Waals surface area contributed by atoms with Crippen LogP contribution in [0.15, 0.2) is 0 Å². The fourth-order valence-corrected chi connectivity index (χ4v) is 3.24. The van der Waals surface area contributed by atoms with E-state index in [9.17, 15) is 4.79 Å². The van der Waals surface area contributed by atoms with Gasteiger partial charge in [0, 0.05) is 6.04 Å². The summed E-state index contributed by atoms with van der Waals surface area (Å²) in [7, 11) is 1.86. The molecule has 0 spiro atoms. The van der Waals surface area contributed by atoms with Crippen LogP contribution in [0.3, 0.4) is 0 Å². The van der Waals surface area contributed by atoms with Crippen LogP contribution in [0.1, 0.15) is 38.5 Å². The molecule has 92 valence electrons. The number of nitrogens with two attached hydrogens (primary N) is 1. The first-order valence-electron chi connectivity index (χ1n) is 6.41. The molecule has 0 aromatic rings. The molecule has 4 heteroatoms. The number of amides is 1. The summed E-state index contributed by atoms with van der Waals surface area (Å²) >= 11 is 0. The fourth-order valence-electron chi connectivity index (χ4n) is 3.24. The van der Waals surface area contributed by atoms with E-state index in [4.69, 9.17) is 5.73 Å². The van der Waals surface area contributed by atoms with Gasteiger partial charge in [0.15, 0.2) is 0 Å². The van der Waals surface area contributed by atoms with Gasteiger partial charge in [-0.05, 0) is 58.7 Å². The number of nitrogens with zero attached hydrogens (tertiary/aromatic N) is 1. The standard InChI is InChI=1S/C12H23N3O/c1-14-12(11(13)16)6-4-5-10(9-12)15-7-2-3-8-15/h10,14H,2-9H2,1H3,(H2,13,16). The number of primary amides is 1. The number of nitrogens with one attached hydrogen (secondary N) is 1. The number of carbonyl (C=O) groups is 1. The molecule has 4 nitrogen and oxygen atoms in total. The SMILES string of the molecule is CNC1(C(N)=O)CCCC(N2CCCC2)C1. The molecule has 16 heavy (non-hydrogen) atoms. The highest BCUT2D eigenvalue weighted by Crippen LogP contribution is 2.32. The van der Waals surface area contributed by atoms with E-state index in [-0.39, 0.29) is 5.91 Å². The zero-order valence-corrected chi connectivity index (χ0v) is 10.2. The van der Waals surface area contributed by atoms with E-state index < -0.39 is 5.54 Å². The normalized spacial score (nSPS) is 36.4. The van der Waals surface area contributed by atoms with Crippen molar-refractivity contribution in [1.29, 1.82) is 0 Å². The minimum Gasteiger partial charge on any atom is -0.368 e. The van der Waals surface area contributed by atoms with E-state index >= 15 is 0 Å². The Morgan fingerprint density at radius 1 is 1.38 bits per heavy atom. The van der Waals surface area contributed by atoms with Crippen LogP contribution in [-0.4, -0.2) is 42.5 Å². The summed E-state index contributed by atoms with van der Waals surface area (Å²) < 4.78 is 0. The molecule has 2 unspecified atom stereocenters. The second-order valence-electron chi connectivity index (χ2n) is 5.19. The Morgan fingerprint density at radius 3 is 2.62 bits per heavy atom. The number of likely N-dealkylation sites (N-methyl/N-ethyl adjacent to an activating group) is 1. The third-order valence-electron chi connectivity index (χ3n) is 4.33. The number of carbonyl (C=O) groups excluding carboxylic acids is 1. The Hall–Kier alpha value is -0.610. The molecule has 1 aliphatic carbocycles. The van der Waals surface area contributed by atoms with Gasteiger partial charge in [-0.2, -0.15) is 0 Å². The van der Waals surface area contributed by atoms with Gasteiger partial charge in [0.05, 0.1) is 5.54 Å². The zero-order chi connectivity index (χ0) is 11.6. The van der Waals surface area contributed by atoms with Gasteiger partial charge >= 0.3 is 0 Å².